The van der Waals surface area contributed by atoms with Crippen LogP contribution in [0.15, 0.2) is 72.6 Å². The zero-order valence-corrected chi connectivity index (χ0v) is 18.2. The minimum Gasteiger partial charge on any atom is -0.353 e. The van der Waals surface area contributed by atoms with Gasteiger partial charge >= 0.3 is 0 Å². The Morgan fingerprint density at radius 2 is 1.85 bits per heavy atom. The molecule has 4 heterocycles. The highest BCUT2D eigenvalue weighted by Gasteiger charge is 2.13. The molecule has 0 bridgehead atoms. The fourth-order valence-electron chi connectivity index (χ4n) is 3.69. The predicted molar refractivity (Wildman–Crippen MR) is 128 cm³/mol. The topological polar surface area (TPSA) is 95.2 Å². The first kappa shape index (κ1) is 20.2. The quantitative estimate of drug-likeness (QED) is 0.280. The van der Waals surface area contributed by atoms with Gasteiger partial charge in [-0.1, -0.05) is 12.1 Å². The Hall–Kier alpha value is -4.44. The summed E-state index contributed by atoms with van der Waals surface area (Å²) >= 11 is 1.55. The van der Waals surface area contributed by atoms with Crippen LogP contribution in [0.1, 0.15) is 0 Å². The van der Waals surface area contributed by atoms with Gasteiger partial charge in [0.25, 0.3) is 0 Å². The van der Waals surface area contributed by atoms with Gasteiger partial charge in [-0.25, -0.2) is 23.7 Å². The number of hydrogen-bond donors (Lipinski definition) is 3. The molecule has 34 heavy (non-hydrogen) atoms. The molecule has 4 aromatic heterocycles. The number of nitrogens with zero attached hydrogens (tertiary/aromatic N) is 4. The number of H-pyrrole nitrogens is 2. The van der Waals surface area contributed by atoms with Crippen LogP contribution < -0.4 is 5.32 Å². The van der Waals surface area contributed by atoms with Gasteiger partial charge in [0.1, 0.15) is 10.8 Å². The van der Waals surface area contributed by atoms with Crippen LogP contribution in [0.25, 0.3) is 44.1 Å². The SMILES string of the molecule is Fc1cc(Nc2nc(-c3ccc4cc(-c5nccs5)[nH]c4c3)ncc2F)ccc1-c1cn[nH]c1. The minimum absolute atomic E-state index is 0.0458. The van der Waals surface area contributed by atoms with Gasteiger partial charge in [-0.3, -0.25) is 5.10 Å². The van der Waals surface area contributed by atoms with Crippen molar-refractivity contribution in [2.24, 2.45) is 0 Å². The maximum absolute atomic E-state index is 14.6. The van der Waals surface area contributed by atoms with E-state index in [1.807, 2.05) is 29.6 Å². The molecule has 0 fully saturated rings. The molecule has 0 spiro atoms. The van der Waals surface area contributed by atoms with Crippen LogP contribution in [0.2, 0.25) is 0 Å². The molecule has 0 aliphatic carbocycles. The third-order valence-electron chi connectivity index (χ3n) is 5.33. The van der Waals surface area contributed by atoms with Gasteiger partial charge in [-0.15, -0.1) is 11.3 Å². The summed E-state index contributed by atoms with van der Waals surface area (Å²) in [5, 5.41) is 13.2. The average Bonchev–Trinajstić information content (AvgIpc) is 3.61. The second-order valence-electron chi connectivity index (χ2n) is 7.52. The summed E-state index contributed by atoms with van der Waals surface area (Å²) in [5.41, 5.74) is 3.90. The summed E-state index contributed by atoms with van der Waals surface area (Å²) in [6, 6.07) is 12.3. The fraction of sp³-hybridized carbons (Fsp3) is 0. The summed E-state index contributed by atoms with van der Waals surface area (Å²) in [6.45, 7) is 0. The van der Waals surface area contributed by atoms with Crippen LogP contribution in [0.5, 0.6) is 0 Å². The first-order chi connectivity index (χ1) is 16.6. The van der Waals surface area contributed by atoms with E-state index < -0.39 is 11.6 Å². The van der Waals surface area contributed by atoms with Crippen LogP contribution in [0.3, 0.4) is 0 Å². The Kier molecular flexibility index (Phi) is 4.84. The Balaban J connectivity index is 1.31. The maximum Gasteiger partial charge on any atom is 0.184 e. The monoisotopic (exact) mass is 471 g/mol. The van der Waals surface area contributed by atoms with E-state index in [0.717, 1.165) is 27.8 Å². The lowest BCUT2D eigenvalue weighted by Crippen LogP contribution is -2.01. The fourth-order valence-corrected chi connectivity index (χ4v) is 4.30. The molecule has 0 radical (unpaired) electrons. The lowest BCUT2D eigenvalue weighted by molar-refractivity contribution is 0.619. The van der Waals surface area contributed by atoms with Crippen molar-refractivity contribution in [3.05, 3.63) is 84.3 Å². The summed E-state index contributed by atoms with van der Waals surface area (Å²) in [7, 11) is 0. The Morgan fingerprint density at radius 1 is 0.912 bits per heavy atom. The number of aromatic nitrogens is 6. The molecule has 0 saturated carbocycles. The molecule has 2 aromatic carbocycles. The Bertz CT molecular complexity index is 1610. The van der Waals surface area contributed by atoms with Gasteiger partial charge in [-0.05, 0) is 30.3 Å². The minimum atomic E-state index is -0.643. The maximum atomic E-state index is 14.6. The third kappa shape index (κ3) is 3.69. The van der Waals surface area contributed by atoms with Crippen LogP contribution in [0, 0.1) is 11.6 Å². The molecule has 0 aliphatic rings. The van der Waals surface area contributed by atoms with Crippen molar-refractivity contribution >= 4 is 33.7 Å². The Labute approximate surface area is 195 Å². The van der Waals surface area contributed by atoms with Crippen molar-refractivity contribution in [3.8, 4) is 33.2 Å². The summed E-state index contributed by atoms with van der Waals surface area (Å²) in [6.07, 6.45) is 5.99. The van der Waals surface area contributed by atoms with Crippen LogP contribution in [-0.4, -0.2) is 30.1 Å². The van der Waals surface area contributed by atoms with Crippen molar-refractivity contribution < 1.29 is 8.78 Å². The first-order valence-corrected chi connectivity index (χ1v) is 11.1. The van der Waals surface area contributed by atoms with Gasteiger partial charge in [0.2, 0.25) is 0 Å². The zero-order chi connectivity index (χ0) is 23.1. The number of rotatable bonds is 5. The van der Waals surface area contributed by atoms with Crippen molar-refractivity contribution in [1.82, 2.24) is 30.1 Å². The molecule has 3 N–H and O–H groups in total. The molecule has 0 saturated heterocycles. The van der Waals surface area contributed by atoms with E-state index in [9.17, 15) is 8.78 Å². The summed E-state index contributed by atoms with van der Waals surface area (Å²) < 4.78 is 29.1. The van der Waals surface area contributed by atoms with E-state index in [2.05, 4.69) is 35.5 Å². The van der Waals surface area contributed by atoms with Crippen molar-refractivity contribution in [1.29, 1.82) is 0 Å². The second-order valence-corrected chi connectivity index (χ2v) is 8.41. The standard InChI is InChI=1S/C24H15F2N7S/c25-18-9-16(3-4-17(18)15-10-29-30-11-15)31-23-19(26)12-28-22(33-23)14-2-1-13-7-21(32-20(13)8-14)24-27-5-6-34-24/h1-12,32H,(H,29,30)(H,28,31,33). The van der Waals surface area contributed by atoms with E-state index in [4.69, 9.17) is 0 Å². The highest BCUT2D eigenvalue weighted by Crippen LogP contribution is 2.30. The lowest BCUT2D eigenvalue weighted by Gasteiger charge is -2.10. The molecule has 0 amide bonds. The number of anilines is 2. The molecule has 0 unspecified atom stereocenters. The van der Waals surface area contributed by atoms with Crippen molar-refractivity contribution in [3.63, 3.8) is 0 Å². The number of nitrogens with one attached hydrogen (secondary N) is 3. The lowest BCUT2D eigenvalue weighted by atomic mass is 10.1. The van der Waals surface area contributed by atoms with Crippen LogP contribution >= 0.6 is 11.3 Å². The molecule has 0 aliphatic heterocycles. The summed E-state index contributed by atoms with van der Waals surface area (Å²) in [5.74, 6) is -0.813. The van der Waals surface area contributed by atoms with Gasteiger partial charge < -0.3 is 10.3 Å². The van der Waals surface area contributed by atoms with E-state index in [1.54, 1.807) is 35.9 Å². The predicted octanol–water partition coefficient (Wildman–Crippen LogP) is 6.16. The van der Waals surface area contributed by atoms with E-state index in [-0.39, 0.29) is 5.82 Å². The summed E-state index contributed by atoms with van der Waals surface area (Å²) in [4.78, 5) is 16.2. The van der Waals surface area contributed by atoms with Gasteiger partial charge in [0, 0.05) is 51.1 Å². The Morgan fingerprint density at radius 3 is 2.65 bits per heavy atom. The van der Waals surface area contributed by atoms with Gasteiger partial charge in [-0.2, -0.15) is 5.10 Å². The smallest absolute Gasteiger partial charge is 0.184 e. The average molecular weight is 471 g/mol. The number of fused-ring (bicyclic) bond motifs is 1. The highest BCUT2D eigenvalue weighted by molar-refractivity contribution is 7.13. The van der Waals surface area contributed by atoms with E-state index in [1.165, 1.54) is 12.3 Å². The molecule has 7 nitrogen and oxygen atoms in total. The molecule has 0 atom stereocenters. The molecule has 166 valence electrons. The molecule has 10 heteroatoms. The third-order valence-corrected chi connectivity index (χ3v) is 6.13. The zero-order valence-electron chi connectivity index (χ0n) is 17.4. The molecule has 6 aromatic rings. The van der Waals surface area contributed by atoms with Gasteiger partial charge in [0.15, 0.2) is 17.5 Å². The first-order valence-electron chi connectivity index (χ1n) is 10.3. The number of hydrogen-bond acceptors (Lipinski definition) is 6. The molecular weight excluding hydrogens is 456 g/mol. The van der Waals surface area contributed by atoms with Crippen molar-refractivity contribution in [2.45, 2.75) is 0 Å². The second kappa shape index (κ2) is 8.16. The van der Waals surface area contributed by atoms with E-state index >= 15 is 0 Å². The number of benzene rings is 2. The van der Waals surface area contributed by atoms with Gasteiger partial charge in [0.05, 0.1) is 18.1 Å². The van der Waals surface area contributed by atoms with Crippen LogP contribution in [0.4, 0.5) is 20.3 Å². The molecule has 6 rings (SSSR count). The highest BCUT2D eigenvalue weighted by atomic mass is 32.1. The number of aromatic amines is 2. The normalized spacial score (nSPS) is 11.2. The van der Waals surface area contributed by atoms with E-state index in [0.29, 0.717) is 28.2 Å². The molecular formula is C24H15F2N7S. The largest absolute Gasteiger partial charge is 0.353 e. The number of halogens is 2. The van der Waals surface area contributed by atoms with Crippen LogP contribution in [-0.2, 0) is 0 Å². The van der Waals surface area contributed by atoms with Crippen molar-refractivity contribution in [2.75, 3.05) is 5.32 Å². The number of thiazole rings is 1.